The lowest BCUT2D eigenvalue weighted by molar-refractivity contribution is 0.835. The molecule has 0 atom stereocenters. The predicted molar refractivity (Wildman–Crippen MR) is 96.7 cm³/mol. The zero-order valence-corrected chi connectivity index (χ0v) is 14.5. The van der Waals surface area contributed by atoms with Gasteiger partial charge in [0.1, 0.15) is 0 Å². The van der Waals surface area contributed by atoms with Crippen molar-refractivity contribution in [2.24, 2.45) is 5.73 Å². The minimum absolute atomic E-state index is 0.860. The summed E-state index contributed by atoms with van der Waals surface area (Å²) in [5, 5.41) is 0. The zero-order valence-electron chi connectivity index (χ0n) is 14.5. The molecule has 2 N–H and O–H groups in total. The van der Waals surface area contributed by atoms with Gasteiger partial charge in [0.15, 0.2) is 0 Å². The summed E-state index contributed by atoms with van der Waals surface area (Å²) in [6.45, 7) is 8.82. The average Bonchev–Trinajstić information content (AvgIpc) is 2.48. The highest BCUT2D eigenvalue weighted by Gasteiger charge is 2.10. The number of nitrogens with two attached hydrogens (primary N) is 1. The van der Waals surface area contributed by atoms with Crippen molar-refractivity contribution < 1.29 is 0 Å². The Balaban J connectivity index is 1.99. The first kappa shape index (κ1) is 16.6. The number of benzene rings is 1. The third kappa shape index (κ3) is 4.37. The van der Waals surface area contributed by atoms with Crippen LogP contribution < -0.4 is 5.73 Å². The van der Waals surface area contributed by atoms with Crippen molar-refractivity contribution in [3.8, 4) is 0 Å². The molecule has 0 fully saturated rings. The molecule has 1 aliphatic rings. The van der Waals surface area contributed by atoms with Crippen LogP contribution in [0.15, 0.2) is 58.3 Å². The van der Waals surface area contributed by atoms with E-state index in [0.717, 1.165) is 25.0 Å². The smallest absolute Gasteiger partial charge is 0.0120 e. The SMILES string of the molecule is CC1=CCCC(C)=C1CC/C(C)=C(/N)Cc1ccc(C)cc1. The molecular weight excluding hydrogens is 266 g/mol. The van der Waals surface area contributed by atoms with E-state index in [1.54, 1.807) is 11.1 Å². The van der Waals surface area contributed by atoms with Crippen LogP contribution in [0.5, 0.6) is 0 Å². The minimum Gasteiger partial charge on any atom is -0.402 e. The van der Waals surface area contributed by atoms with Gasteiger partial charge in [0, 0.05) is 12.1 Å². The topological polar surface area (TPSA) is 26.0 Å². The second kappa shape index (κ2) is 7.49. The van der Waals surface area contributed by atoms with Crippen molar-refractivity contribution in [3.05, 3.63) is 69.5 Å². The van der Waals surface area contributed by atoms with Crippen LogP contribution in [-0.2, 0) is 6.42 Å². The summed E-state index contributed by atoms with van der Waals surface area (Å²) in [6, 6.07) is 8.66. The van der Waals surface area contributed by atoms with E-state index < -0.39 is 0 Å². The van der Waals surface area contributed by atoms with Crippen molar-refractivity contribution in [1.82, 2.24) is 0 Å². The summed E-state index contributed by atoms with van der Waals surface area (Å²) in [7, 11) is 0. The van der Waals surface area contributed by atoms with Crippen LogP contribution in [0.1, 0.15) is 57.6 Å². The van der Waals surface area contributed by atoms with Crippen LogP contribution in [0, 0.1) is 6.92 Å². The maximum absolute atomic E-state index is 6.32. The molecule has 0 aliphatic heterocycles. The molecule has 0 aromatic heterocycles. The lowest BCUT2D eigenvalue weighted by Crippen LogP contribution is -2.06. The third-order valence-corrected chi connectivity index (χ3v) is 4.77. The lowest BCUT2D eigenvalue weighted by atomic mass is 9.88. The molecule has 2 rings (SSSR count). The lowest BCUT2D eigenvalue weighted by Gasteiger charge is -2.18. The Kier molecular flexibility index (Phi) is 5.65. The number of allylic oxidation sites excluding steroid dienone is 6. The van der Waals surface area contributed by atoms with E-state index in [0.29, 0.717) is 0 Å². The van der Waals surface area contributed by atoms with Crippen LogP contribution in [0.3, 0.4) is 0 Å². The summed E-state index contributed by atoms with van der Waals surface area (Å²) in [4.78, 5) is 0. The van der Waals surface area contributed by atoms with Crippen LogP contribution in [0.2, 0.25) is 0 Å². The predicted octanol–water partition coefficient (Wildman–Crippen LogP) is 5.61. The Bertz CT molecular complexity index is 612. The molecule has 0 bridgehead atoms. The van der Waals surface area contributed by atoms with Gasteiger partial charge in [-0.15, -0.1) is 0 Å². The largest absolute Gasteiger partial charge is 0.402 e. The Morgan fingerprint density at radius 2 is 1.77 bits per heavy atom. The minimum atomic E-state index is 0.860. The van der Waals surface area contributed by atoms with Crippen LogP contribution in [0.25, 0.3) is 0 Å². The first-order chi connectivity index (χ1) is 10.5. The van der Waals surface area contributed by atoms with E-state index in [4.69, 9.17) is 5.73 Å². The number of rotatable bonds is 5. The van der Waals surface area contributed by atoms with Gasteiger partial charge in [-0.2, -0.15) is 0 Å². The third-order valence-electron chi connectivity index (χ3n) is 4.77. The fraction of sp³-hybridized carbons (Fsp3) is 0.429. The van der Waals surface area contributed by atoms with E-state index in [-0.39, 0.29) is 0 Å². The normalized spacial score (nSPS) is 16.5. The van der Waals surface area contributed by atoms with Crippen molar-refractivity contribution in [3.63, 3.8) is 0 Å². The molecule has 1 aromatic rings. The quantitative estimate of drug-likeness (QED) is 0.751. The van der Waals surface area contributed by atoms with Gasteiger partial charge in [-0.05, 0) is 64.5 Å². The number of hydrogen-bond acceptors (Lipinski definition) is 1. The molecule has 0 radical (unpaired) electrons. The average molecular weight is 295 g/mol. The van der Waals surface area contributed by atoms with E-state index >= 15 is 0 Å². The first-order valence-electron chi connectivity index (χ1n) is 8.32. The molecule has 0 saturated carbocycles. The molecule has 0 amide bonds. The van der Waals surface area contributed by atoms with E-state index in [1.165, 1.54) is 35.1 Å². The van der Waals surface area contributed by atoms with E-state index in [9.17, 15) is 0 Å². The second-order valence-corrected chi connectivity index (χ2v) is 6.65. The highest BCUT2D eigenvalue weighted by atomic mass is 14.6. The van der Waals surface area contributed by atoms with Crippen molar-refractivity contribution in [1.29, 1.82) is 0 Å². The zero-order chi connectivity index (χ0) is 16.1. The Morgan fingerprint density at radius 3 is 2.41 bits per heavy atom. The number of hydrogen-bond donors (Lipinski definition) is 1. The highest BCUT2D eigenvalue weighted by molar-refractivity contribution is 5.37. The summed E-state index contributed by atoms with van der Waals surface area (Å²) >= 11 is 0. The van der Waals surface area contributed by atoms with Crippen LogP contribution in [-0.4, -0.2) is 0 Å². The summed E-state index contributed by atoms with van der Waals surface area (Å²) in [6.07, 6.45) is 7.83. The van der Waals surface area contributed by atoms with Gasteiger partial charge >= 0.3 is 0 Å². The monoisotopic (exact) mass is 295 g/mol. The molecule has 0 heterocycles. The van der Waals surface area contributed by atoms with Gasteiger partial charge in [0.2, 0.25) is 0 Å². The molecule has 118 valence electrons. The maximum atomic E-state index is 6.32. The molecule has 0 unspecified atom stereocenters. The van der Waals surface area contributed by atoms with Crippen molar-refractivity contribution >= 4 is 0 Å². The Morgan fingerprint density at radius 1 is 1.09 bits per heavy atom. The summed E-state index contributed by atoms with van der Waals surface area (Å²) < 4.78 is 0. The van der Waals surface area contributed by atoms with E-state index in [1.807, 2.05) is 0 Å². The van der Waals surface area contributed by atoms with Crippen LogP contribution in [0.4, 0.5) is 0 Å². The standard InChI is InChI=1S/C21H29N/c1-15-8-11-19(12-9-15)14-21(22)18(4)10-13-20-16(2)6-5-7-17(20)3/h6,8-9,11-12H,5,7,10,13-14,22H2,1-4H3/b21-18+. The van der Waals surface area contributed by atoms with Gasteiger partial charge in [-0.1, -0.05) is 52.6 Å². The molecule has 1 nitrogen and oxygen atoms in total. The Hall–Kier alpha value is -1.76. The van der Waals surface area contributed by atoms with Gasteiger partial charge in [-0.25, -0.2) is 0 Å². The van der Waals surface area contributed by atoms with Gasteiger partial charge < -0.3 is 5.73 Å². The molecule has 1 aliphatic carbocycles. The molecule has 0 saturated heterocycles. The summed E-state index contributed by atoms with van der Waals surface area (Å²) in [5.41, 5.74) is 15.9. The molecule has 1 aromatic carbocycles. The molecule has 1 heteroatoms. The van der Waals surface area contributed by atoms with Crippen molar-refractivity contribution in [2.45, 2.75) is 59.8 Å². The molecule has 0 spiro atoms. The molecular formula is C21H29N. The first-order valence-corrected chi connectivity index (χ1v) is 8.32. The van der Waals surface area contributed by atoms with Gasteiger partial charge in [-0.3, -0.25) is 0 Å². The summed E-state index contributed by atoms with van der Waals surface area (Å²) in [5.74, 6) is 0. The number of aryl methyl sites for hydroxylation is 1. The van der Waals surface area contributed by atoms with Crippen LogP contribution >= 0.6 is 0 Å². The van der Waals surface area contributed by atoms with Gasteiger partial charge in [0.25, 0.3) is 0 Å². The van der Waals surface area contributed by atoms with E-state index in [2.05, 4.69) is 58.0 Å². The second-order valence-electron chi connectivity index (χ2n) is 6.65. The maximum Gasteiger partial charge on any atom is 0.0120 e. The van der Waals surface area contributed by atoms with Gasteiger partial charge in [0.05, 0.1) is 0 Å². The fourth-order valence-corrected chi connectivity index (χ4v) is 3.08. The van der Waals surface area contributed by atoms with Crippen molar-refractivity contribution in [2.75, 3.05) is 0 Å². The highest BCUT2D eigenvalue weighted by Crippen LogP contribution is 2.29. The fourth-order valence-electron chi connectivity index (χ4n) is 3.08. The molecule has 22 heavy (non-hydrogen) atoms. The Labute approximate surface area is 135 Å².